The standard InChI is InChI=1S/C4H5N2O2PS/c7-4(8)3-5-2(10)1-6(3)9/h1,10H,9H2,(H,7,8). The van der Waals surface area contributed by atoms with E-state index in [4.69, 9.17) is 5.11 Å². The average molecular weight is 176 g/mol. The molecule has 0 aliphatic heterocycles. The van der Waals surface area contributed by atoms with Gasteiger partial charge in [-0.1, -0.05) is 0 Å². The van der Waals surface area contributed by atoms with Gasteiger partial charge in [0.1, 0.15) is 5.03 Å². The van der Waals surface area contributed by atoms with Gasteiger partial charge in [0.05, 0.1) is 0 Å². The van der Waals surface area contributed by atoms with E-state index in [2.05, 4.69) is 27.0 Å². The molecule has 0 spiro atoms. The molecule has 0 fully saturated rings. The number of hydrogen-bond donors (Lipinski definition) is 2. The van der Waals surface area contributed by atoms with Gasteiger partial charge in [-0.2, -0.15) is 0 Å². The van der Waals surface area contributed by atoms with Crippen molar-refractivity contribution in [2.24, 2.45) is 0 Å². The number of aromatic nitrogens is 2. The van der Waals surface area contributed by atoms with Gasteiger partial charge in [0.25, 0.3) is 0 Å². The molecule has 0 aromatic carbocycles. The molecule has 0 saturated heterocycles. The zero-order valence-corrected chi connectivity index (χ0v) is 6.90. The summed E-state index contributed by atoms with van der Waals surface area (Å²) < 4.78 is 1.32. The summed E-state index contributed by atoms with van der Waals surface area (Å²) >= 11 is 3.86. The first-order chi connectivity index (χ1) is 4.61. The molecule has 1 atom stereocenters. The van der Waals surface area contributed by atoms with Gasteiger partial charge in [-0.25, -0.2) is 9.78 Å². The molecule has 0 radical (unpaired) electrons. The molecule has 0 bridgehead atoms. The van der Waals surface area contributed by atoms with E-state index in [9.17, 15) is 4.79 Å². The molecule has 0 saturated carbocycles. The number of thiol groups is 1. The van der Waals surface area contributed by atoms with Crippen molar-refractivity contribution in [3.8, 4) is 0 Å². The first-order valence-corrected chi connectivity index (χ1v) is 3.34. The normalized spacial score (nSPS) is 9.80. The Morgan fingerprint density at radius 3 is 2.70 bits per heavy atom. The van der Waals surface area contributed by atoms with Gasteiger partial charge in [0, 0.05) is 6.20 Å². The summed E-state index contributed by atoms with van der Waals surface area (Å²) in [6.45, 7) is 0. The minimum Gasteiger partial charge on any atom is -0.475 e. The molecule has 1 aromatic rings. The van der Waals surface area contributed by atoms with Crippen LogP contribution in [-0.2, 0) is 0 Å². The Balaban J connectivity index is 3.15. The Kier molecular flexibility index (Phi) is 1.97. The van der Waals surface area contributed by atoms with Gasteiger partial charge in [-0.05, 0) is 9.39 Å². The van der Waals surface area contributed by atoms with Crippen LogP contribution in [0, 0.1) is 0 Å². The summed E-state index contributed by atoms with van der Waals surface area (Å²) in [5, 5.41) is 8.84. The largest absolute Gasteiger partial charge is 0.475 e. The van der Waals surface area contributed by atoms with Gasteiger partial charge < -0.3 is 9.44 Å². The maximum Gasteiger partial charge on any atom is 0.372 e. The summed E-state index contributed by atoms with van der Waals surface area (Å²) in [7, 11) is 2.20. The smallest absolute Gasteiger partial charge is 0.372 e. The zero-order valence-electron chi connectivity index (χ0n) is 4.85. The summed E-state index contributed by atoms with van der Waals surface area (Å²) in [5.41, 5.74) is 0. The van der Waals surface area contributed by atoms with E-state index in [1.807, 2.05) is 0 Å². The SMILES string of the molecule is O=C(O)c1nc(S)cn1P. The third kappa shape index (κ3) is 1.30. The highest BCUT2D eigenvalue weighted by atomic mass is 32.1. The van der Waals surface area contributed by atoms with E-state index in [0.717, 1.165) is 0 Å². The lowest BCUT2D eigenvalue weighted by atomic mass is 10.6. The molecule has 1 heterocycles. The predicted octanol–water partition coefficient (Wildman–Crippen LogP) is 0.508. The van der Waals surface area contributed by atoms with Crippen LogP contribution in [0.25, 0.3) is 0 Å². The Morgan fingerprint density at radius 2 is 2.50 bits per heavy atom. The molecular formula is C4H5N2O2PS. The number of nitrogens with zero attached hydrogens (tertiary/aromatic N) is 2. The highest BCUT2D eigenvalue weighted by Gasteiger charge is 2.09. The van der Waals surface area contributed by atoms with Crippen LogP contribution >= 0.6 is 22.0 Å². The Labute approximate surface area is 64.9 Å². The van der Waals surface area contributed by atoms with Crippen LogP contribution in [0.1, 0.15) is 10.6 Å². The van der Waals surface area contributed by atoms with Crippen molar-refractivity contribution in [2.75, 3.05) is 0 Å². The van der Waals surface area contributed by atoms with Crippen LogP contribution in [-0.4, -0.2) is 20.4 Å². The fourth-order valence-corrected chi connectivity index (χ4v) is 1.19. The lowest BCUT2D eigenvalue weighted by Crippen LogP contribution is -2.01. The minimum atomic E-state index is -1.06. The third-order valence-corrected chi connectivity index (χ3v) is 1.52. The molecule has 1 N–H and O–H groups in total. The van der Waals surface area contributed by atoms with Crippen molar-refractivity contribution >= 4 is 28.0 Å². The molecule has 0 aliphatic carbocycles. The molecular weight excluding hydrogens is 171 g/mol. The second kappa shape index (κ2) is 2.60. The van der Waals surface area contributed by atoms with Gasteiger partial charge in [-0.15, -0.1) is 12.6 Å². The molecule has 0 amide bonds. The van der Waals surface area contributed by atoms with Crippen molar-refractivity contribution in [3.63, 3.8) is 0 Å². The maximum absolute atomic E-state index is 10.3. The van der Waals surface area contributed by atoms with Crippen molar-refractivity contribution < 1.29 is 9.90 Å². The monoisotopic (exact) mass is 176 g/mol. The van der Waals surface area contributed by atoms with E-state index in [-0.39, 0.29) is 5.82 Å². The number of carboxylic acids is 1. The Morgan fingerprint density at radius 1 is 1.90 bits per heavy atom. The van der Waals surface area contributed by atoms with Crippen molar-refractivity contribution in [3.05, 3.63) is 12.0 Å². The van der Waals surface area contributed by atoms with E-state index < -0.39 is 5.97 Å². The van der Waals surface area contributed by atoms with Crippen molar-refractivity contribution in [2.45, 2.75) is 5.03 Å². The Hall–Kier alpha value is -0.540. The summed E-state index contributed by atoms with van der Waals surface area (Å²) in [6.07, 6.45) is 1.50. The summed E-state index contributed by atoms with van der Waals surface area (Å²) in [4.78, 5) is 13.9. The maximum atomic E-state index is 10.3. The number of rotatable bonds is 1. The van der Waals surface area contributed by atoms with Gasteiger partial charge >= 0.3 is 5.97 Å². The van der Waals surface area contributed by atoms with Crippen LogP contribution < -0.4 is 0 Å². The van der Waals surface area contributed by atoms with Gasteiger partial charge in [0.15, 0.2) is 0 Å². The van der Waals surface area contributed by atoms with Crippen molar-refractivity contribution in [1.29, 1.82) is 0 Å². The lowest BCUT2D eigenvalue weighted by molar-refractivity contribution is 0.0683. The van der Waals surface area contributed by atoms with Crippen LogP contribution in [0.4, 0.5) is 0 Å². The minimum absolute atomic E-state index is 0.0324. The van der Waals surface area contributed by atoms with E-state index in [0.29, 0.717) is 5.03 Å². The van der Waals surface area contributed by atoms with Gasteiger partial charge in [-0.3, -0.25) is 0 Å². The molecule has 1 aromatic heterocycles. The summed E-state index contributed by atoms with van der Waals surface area (Å²) in [5.74, 6) is -1.09. The number of imidazole rings is 1. The van der Waals surface area contributed by atoms with E-state index in [1.165, 1.54) is 10.5 Å². The highest BCUT2D eigenvalue weighted by molar-refractivity contribution is 7.80. The third-order valence-electron chi connectivity index (χ3n) is 0.911. The molecule has 1 rings (SSSR count). The first-order valence-electron chi connectivity index (χ1n) is 2.38. The zero-order chi connectivity index (χ0) is 7.72. The predicted molar refractivity (Wildman–Crippen MR) is 41.5 cm³/mol. The van der Waals surface area contributed by atoms with Gasteiger partial charge in [0.2, 0.25) is 5.82 Å². The summed E-state index contributed by atoms with van der Waals surface area (Å²) in [6, 6.07) is 0. The quantitative estimate of drug-likeness (QED) is 0.484. The fourth-order valence-electron chi connectivity index (χ4n) is 0.539. The van der Waals surface area contributed by atoms with Crippen LogP contribution in [0.15, 0.2) is 11.2 Å². The number of carboxylic acid groups (broad SMARTS) is 1. The second-order valence-electron chi connectivity index (χ2n) is 1.64. The Bertz CT molecular complexity index is 272. The van der Waals surface area contributed by atoms with Crippen LogP contribution in [0.5, 0.6) is 0 Å². The van der Waals surface area contributed by atoms with Crippen LogP contribution in [0.3, 0.4) is 0 Å². The fraction of sp³-hybridized carbons (Fsp3) is 0. The number of hydrogen-bond acceptors (Lipinski definition) is 3. The highest BCUT2D eigenvalue weighted by Crippen LogP contribution is 2.09. The molecule has 54 valence electrons. The lowest BCUT2D eigenvalue weighted by Gasteiger charge is -1.90. The molecule has 1 unspecified atom stereocenters. The molecule has 4 nitrogen and oxygen atoms in total. The molecule has 10 heavy (non-hydrogen) atoms. The van der Waals surface area contributed by atoms with E-state index in [1.54, 1.807) is 0 Å². The number of aromatic carboxylic acids is 1. The second-order valence-corrected chi connectivity index (χ2v) is 2.65. The molecule has 0 aliphatic rings. The topological polar surface area (TPSA) is 55.1 Å². The molecule has 6 heteroatoms. The van der Waals surface area contributed by atoms with Crippen LogP contribution in [0.2, 0.25) is 0 Å². The number of carbonyl (C=O) groups is 1. The first kappa shape index (κ1) is 7.57. The van der Waals surface area contributed by atoms with E-state index >= 15 is 0 Å². The average Bonchev–Trinajstić information content (AvgIpc) is 2.10. The van der Waals surface area contributed by atoms with Crippen molar-refractivity contribution in [1.82, 2.24) is 9.32 Å².